The SMILES string of the molecule is Cc1ccc(CN2CCN(c3c(C#N)nnc4ccccc34)CC2)cc1. The number of hydrogen-bond acceptors (Lipinski definition) is 5. The van der Waals surface area contributed by atoms with Crippen LogP contribution in [0.3, 0.4) is 0 Å². The highest BCUT2D eigenvalue weighted by Crippen LogP contribution is 2.28. The number of aryl methyl sites for hydroxylation is 1. The van der Waals surface area contributed by atoms with Crippen LogP contribution in [0.15, 0.2) is 48.5 Å². The minimum atomic E-state index is 0.413. The van der Waals surface area contributed by atoms with Gasteiger partial charge in [0.15, 0.2) is 5.69 Å². The Hall–Kier alpha value is -2.97. The van der Waals surface area contributed by atoms with Crippen LogP contribution in [0.4, 0.5) is 5.69 Å². The summed E-state index contributed by atoms with van der Waals surface area (Å²) in [6.07, 6.45) is 0. The van der Waals surface area contributed by atoms with Crippen molar-refractivity contribution >= 4 is 16.6 Å². The van der Waals surface area contributed by atoms with Gasteiger partial charge in [0.25, 0.3) is 0 Å². The Bertz CT molecular complexity index is 950. The number of fused-ring (bicyclic) bond motifs is 1. The van der Waals surface area contributed by atoms with E-state index in [9.17, 15) is 5.26 Å². The Balaban J connectivity index is 1.52. The number of anilines is 1. The van der Waals surface area contributed by atoms with E-state index < -0.39 is 0 Å². The number of piperazine rings is 1. The fraction of sp³-hybridized carbons (Fsp3) is 0.286. The van der Waals surface area contributed by atoms with E-state index in [1.807, 2.05) is 24.3 Å². The number of nitrogens with zero attached hydrogens (tertiary/aromatic N) is 5. The smallest absolute Gasteiger partial charge is 0.187 e. The molecule has 5 nitrogen and oxygen atoms in total. The van der Waals surface area contributed by atoms with Crippen LogP contribution in [0.1, 0.15) is 16.8 Å². The maximum absolute atomic E-state index is 9.49. The first-order valence-corrected chi connectivity index (χ1v) is 8.93. The molecule has 1 aliphatic heterocycles. The van der Waals surface area contributed by atoms with Gasteiger partial charge in [-0.25, -0.2) is 0 Å². The molecule has 2 aromatic carbocycles. The highest BCUT2D eigenvalue weighted by atomic mass is 15.3. The predicted molar refractivity (Wildman–Crippen MR) is 103 cm³/mol. The van der Waals surface area contributed by atoms with Crippen molar-refractivity contribution in [1.82, 2.24) is 15.1 Å². The Kier molecular flexibility index (Phi) is 4.51. The lowest BCUT2D eigenvalue weighted by Gasteiger charge is -2.36. The Labute approximate surface area is 153 Å². The summed E-state index contributed by atoms with van der Waals surface area (Å²) in [6, 6.07) is 18.9. The van der Waals surface area contributed by atoms with Gasteiger partial charge in [0.2, 0.25) is 0 Å². The second-order valence-corrected chi connectivity index (χ2v) is 6.77. The molecule has 1 fully saturated rings. The van der Waals surface area contributed by atoms with Gasteiger partial charge in [-0.3, -0.25) is 4.90 Å². The molecule has 26 heavy (non-hydrogen) atoms. The van der Waals surface area contributed by atoms with Crippen molar-refractivity contribution in [2.24, 2.45) is 0 Å². The average molecular weight is 343 g/mol. The van der Waals surface area contributed by atoms with Crippen LogP contribution in [-0.2, 0) is 6.54 Å². The van der Waals surface area contributed by atoms with Crippen LogP contribution in [0.25, 0.3) is 10.9 Å². The zero-order valence-corrected chi connectivity index (χ0v) is 14.9. The monoisotopic (exact) mass is 343 g/mol. The van der Waals surface area contributed by atoms with E-state index in [2.05, 4.69) is 57.3 Å². The van der Waals surface area contributed by atoms with Crippen LogP contribution in [0.2, 0.25) is 0 Å². The summed E-state index contributed by atoms with van der Waals surface area (Å²) in [5, 5.41) is 18.8. The number of nitriles is 1. The summed E-state index contributed by atoms with van der Waals surface area (Å²) >= 11 is 0. The summed E-state index contributed by atoms with van der Waals surface area (Å²) in [7, 11) is 0. The van der Waals surface area contributed by atoms with Crippen LogP contribution in [0.5, 0.6) is 0 Å². The molecule has 2 heterocycles. The van der Waals surface area contributed by atoms with Gasteiger partial charge in [0.1, 0.15) is 6.07 Å². The molecule has 1 aliphatic rings. The second kappa shape index (κ2) is 7.11. The van der Waals surface area contributed by atoms with Gasteiger partial charge in [-0.15, -0.1) is 10.2 Å². The molecule has 4 rings (SSSR count). The minimum Gasteiger partial charge on any atom is -0.366 e. The molecule has 0 atom stereocenters. The third kappa shape index (κ3) is 3.24. The summed E-state index contributed by atoms with van der Waals surface area (Å²) in [5.41, 5.74) is 4.81. The minimum absolute atomic E-state index is 0.413. The lowest BCUT2D eigenvalue weighted by atomic mass is 10.1. The first-order valence-electron chi connectivity index (χ1n) is 8.93. The van der Waals surface area contributed by atoms with Gasteiger partial charge in [-0.1, -0.05) is 48.0 Å². The van der Waals surface area contributed by atoms with Gasteiger partial charge in [-0.2, -0.15) is 5.26 Å². The zero-order chi connectivity index (χ0) is 17.9. The van der Waals surface area contributed by atoms with E-state index in [1.165, 1.54) is 11.1 Å². The first-order chi connectivity index (χ1) is 12.7. The first kappa shape index (κ1) is 16.5. The van der Waals surface area contributed by atoms with Crippen molar-refractivity contribution in [2.45, 2.75) is 13.5 Å². The molecule has 130 valence electrons. The lowest BCUT2D eigenvalue weighted by Crippen LogP contribution is -2.46. The van der Waals surface area contributed by atoms with Gasteiger partial charge < -0.3 is 4.90 Å². The van der Waals surface area contributed by atoms with Crippen molar-refractivity contribution in [3.05, 3.63) is 65.4 Å². The normalized spacial score (nSPS) is 15.2. The molecule has 0 amide bonds. The summed E-state index contributed by atoms with van der Waals surface area (Å²) in [5.74, 6) is 0. The number of rotatable bonds is 3. The molecular formula is C21H21N5. The molecule has 0 unspecified atom stereocenters. The van der Waals surface area contributed by atoms with Crippen LogP contribution >= 0.6 is 0 Å². The van der Waals surface area contributed by atoms with Crippen molar-refractivity contribution in [3.8, 4) is 6.07 Å². The van der Waals surface area contributed by atoms with E-state index in [0.29, 0.717) is 5.69 Å². The van der Waals surface area contributed by atoms with Gasteiger partial charge in [0, 0.05) is 38.1 Å². The van der Waals surface area contributed by atoms with Crippen molar-refractivity contribution in [1.29, 1.82) is 5.26 Å². The lowest BCUT2D eigenvalue weighted by molar-refractivity contribution is 0.250. The zero-order valence-electron chi connectivity index (χ0n) is 14.9. The summed E-state index contributed by atoms with van der Waals surface area (Å²) in [6.45, 7) is 6.79. The highest BCUT2D eigenvalue weighted by molar-refractivity contribution is 5.93. The maximum Gasteiger partial charge on any atom is 0.187 e. The Morgan fingerprint density at radius 2 is 1.69 bits per heavy atom. The van der Waals surface area contributed by atoms with Crippen molar-refractivity contribution in [2.75, 3.05) is 31.1 Å². The van der Waals surface area contributed by atoms with E-state index in [0.717, 1.165) is 49.3 Å². The van der Waals surface area contributed by atoms with Crippen LogP contribution in [0, 0.1) is 18.3 Å². The molecule has 5 heteroatoms. The fourth-order valence-electron chi connectivity index (χ4n) is 3.52. The van der Waals surface area contributed by atoms with E-state index in [1.54, 1.807) is 0 Å². The van der Waals surface area contributed by atoms with E-state index >= 15 is 0 Å². The number of aromatic nitrogens is 2. The molecule has 0 N–H and O–H groups in total. The van der Waals surface area contributed by atoms with Gasteiger partial charge >= 0.3 is 0 Å². The third-order valence-corrected chi connectivity index (χ3v) is 4.96. The third-order valence-electron chi connectivity index (χ3n) is 4.96. The van der Waals surface area contributed by atoms with Crippen LogP contribution < -0.4 is 4.90 Å². The van der Waals surface area contributed by atoms with Crippen molar-refractivity contribution in [3.63, 3.8) is 0 Å². The fourth-order valence-corrected chi connectivity index (χ4v) is 3.52. The molecule has 0 bridgehead atoms. The standard InChI is InChI=1S/C21H21N5/c1-16-6-8-17(9-7-16)15-25-10-12-26(13-11-25)21-18-4-2-3-5-19(18)23-24-20(21)14-22/h2-9H,10-13,15H2,1H3. The topological polar surface area (TPSA) is 56.0 Å². The Morgan fingerprint density at radius 1 is 0.962 bits per heavy atom. The molecule has 1 aromatic heterocycles. The molecule has 0 radical (unpaired) electrons. The van der Waals surface area contributed by atoms with Crippen molar-refractivity contribution < 1.29 is 0 Å². The van der Waals surface area contributed by atoms with E-state index in [-0.39, 0.29) is 0 Å². The number of hydrogen-bond donors (Lipinski definition) is 0. The Morgan fingerprint density at radius 3 is 2.42 bits per heavy atom. The summed E-state index contributed by atoms with van der Waals surface area (Å²) < 4.78 is 0. The molecule has 1 saturated heterocycles. The second-order valence-electron chi connectivity index (χ2n) is 6.77. The summed E-state index contributed by atoms with van der Waals surface area (Å²) in [4.78, 5) is 4.74. The molecule has 0 aliphatic carbocycles. The van der Waals surface area contributed by atoms with Crippen LogP contribution in [-0.4, -0.2) is 41.3 Å². The molecule has 3 aromatic rings. The van der Waals surface area contributed by atoms with E-state index in [4.69, 9.17) is 0 Å². The van der Waals surface area contributed by atoms with Gasteiger partial charge in [0.05, 0.1) is 11.2 Å². The maximum atomic E-state index is 9.49. The molecule has 0 spiro atoms. The molecular weight excluding hydrogens is 322 g/mol. The number of benzene rings is 2. The molecule has 0 saturated carbocycles. The largest absolute Gasteiger partial charge is 0.366 e. The highest BCUT2D eigenvalue weighted by Gasteiger charge is 2.22. The average Bonchev–Trinajstić information content (AvgIpc) is 2.69. The quantitative estimate of drug-likeness (QED) is 0.731. The van der Waals surface area contributed by atoms with Gasteiger partial charge in [-0.05, 0) is 18.6 Å². The predicted octanol–water partition coefficient (Wildman–Crippen LogP) is 3.13.